The topological polar surface area (TPSA) is 66.5 Å². The van der Waals surface area contributed by atoms with Crippen LogP contribution in [0.4, 0.5) is 10.1 Å². The molecule has 162 valence electrons. The van der Waals surface area contributed by atoms with E-state index in [2.05, 4.69) is 5.32 Å². The number of hydrogen-bond donors (Lipinski definition) is 1. The molecule has 1 N–H and O–H groups in total. The van der Waals surface area contributed by atoms with Crippen molar-refractivity contribution in [3.63, 3.8) is 0 Å². The van der Waals surface area contributed by atoms with Gasteiger partial charge in [0.15, 0.2) is 0 Å². The van der Waals surface area contributed by atoms with Crippen molar-refractivity contribution in [1.29, 1.82) is 0 Å². The lowest BCUT2D eigenvalue weighted by Crippen LogP contribution is -2.30. The Morgan fingerprint density at radius 3 is 2.19 bits per heavy atom. The van der Waals surface area contributed by atoms with Crippen LogP contribution in [0, 0.1) is 12.7 Å². The number of benzene rings is 3. The van der Waals surface area contributed by atoms with E-state index in [-0.39, 0.29) is 24.2 Å². The van der Waals surface area contributed by atoms with Crippen molar-refractivity contribution in [2.75, 3.05) is 10.6 Å². The molecule has 3 aromatic carbocycles. The Hall–Kier alpha value is -3.19. The lowest BCUT2D eigenvalue weighted by Gasteiger charge is -2.23. The van der Waals surface area contributed by atoms with Gasteiger partial charge in [-0.2, -0.15) is 0 Å². The maximum absolute atomic E-state index is 14.2. The van der Waals surface area contributed by atoms with E-state index in [1.807, 2.05) is 38.1 Å². The molecule has 0 saturated carbocycles. The minimum atomic E-state index is -3.70. The Labute approximate surface area is 182 Å². The third-order valence-corrected chi connectivity index (χ3v) is 6.12. The third-order valence-electron chi connectivity index (χ3n) is 4.99. The van der Waals surface area contributed by atoms with Crippen LogP contribution in [-0.4, -0.2) is 20.6 Å². The molecule has 3 rings (SSSR count). The number of carbonyl (C=O) groups is 1. The van der Waals surface area contributed by atoms with Crippen molar-refractivity contribution in [2.45, 2.75) is 26.4 Å². The second-order valence-corrected chi connectivity index (χ2v) is 9.43. The molecule has 1 unspecified atom stereocenters. The SMILES string of the molecule is Cc1ccc(C(C)NC(=O)c2ccc(CN(c3ccccc3F)S(C)(=O)=O)cc2)cc1. The van der Waals surface area contributed by atoms with E-state index in [1.54, 1.807) is 30.3 Å². The van der Waals surface area contributed by atoms with Crippen molar-refractivity contribution in [1.82, 2.24) is 5.32 Å². The lowest BCUT2D eigenvalue weighted by molar-refractivity contribution is 0.0940. The first-order chi connectivity index (χ1) is 14.6. The Kier molecular flexibility index (Phi) is 6.75. The highest BCUT2D eigenvalue weighted by atomic mass is 32.2. The van der Waals surface area contributed by atoms with Crippen LogP contribution in [0.3, 0.4) is 0 Å². The van der Waals surface area contributed by atoms with Crippen LogP contribution in [0.1, 0.15) is 40.0 Å². The van der Waals surface area contributed by atoms with Gasteiger partial charge in [0.25, 0.3) is 5.91 Å². The number of para-hydroxylation sites is 1. The molecule has 0 aromatic heterocycles. The van der Waals surface area contributed by atoms with Gasteiger partial charge >= 0.3 is 0 Å². The van der Waals surface area contributed by atoms with Gasteiger partial charge in [-0.05, 0) is 49.2 Å². The molecule has 0 radical (unpaired) electrons. The van der Waals surface area contributed by atoms with E-state index >= 15 is 0 Å². The molecule has 7 heteroatoms. The van der Waals surface area contributed by atoms with Gasteiger partial charge in [-0.15, -0.1) is 0 Å². The molecule has 0 aliphatic rings. The minimum absolute atomic E-state index is 0.0151. The predicted molar refractivity (Wildman–Crippen MR) is 121 cm³/mol. The number of hydrogen-bond acceptors (Lipinski definition) is 3. The summed E-state index contributed by atoms with van der Waals surface area (Å²) in [4.78, 5) is 12.6. The van der Waals surface area contributed by atoms with Gasteiger partial charge in [-0.3, -0.25) is 9.10 Å². The fraction of sp³-hybridized carbons (Fsp3) is 0.208. The van der Waals surface area contributed by atoms with Crippen molar-refractivity contribution in [3.8, 4) is 0 Å². The summed E-state index contributed by atoms with van der Waals surface area (Å²) in [6.45, 7) is 3.88. The molecule has 0 aliphatic carbocycles. The van der Waals surface area contributed by atoms with Crippen LogP contribution >= 0.6 is 0 Å². The average molecular weight is 441 g/mol. The number of nitrogens with one attached hydrogen (secondary N) is 1. The van der Waals surface area contributed by atoms with Gasteiger partial charge in [0.2, 0.25) is 10.0 Å². The summed E-state index contributed by atoms with van der Waals surface area (Å²) in [5.74, 6) is -0.845. The highest BCUT2D eigenvalue weighted by Crippen LogP contribution is 2.24. The maximum Gasteiger partial charge on any atom is 0.251 e. The fourth-order valence-corrected chi connectivity index (χ4v) is 4.07. The molecular weight excluding hydrogens is 415 g/mol. The number of halogens is 1. The zero-order valence-corrected chi connectivity index (χ0v) is 18.5. The van der Waals surface area contributed by atoms with Gasteiger partial charge in [-0.25, -0.2) is 12.8 Å². The molecule has 0 heterocycles. The normalized spacial score (nSPS) is 12.3. The van der Waals surface area contributed by atoms with E-state index < -0.39 is 15.8 Å². The molecule has 0 aliphatic heterocycles. The van der Waals surface area contributed by atoms with Gasteiger partial charge < -0.3 is 5.32 Å². The van der Waals surface area contributed by atoms with E-state index in [4.69, 9.17) is 0 Å². The summed E-state index contributed by atoms with van der Waals surface area (Å²) in [6.07, 6.45) is 1.04. The molecule has 1 amide bonds. The number of aryl methyl sites for hydroxylation is 1. The molecule has 3 aromatic rings. The predicted octanol–water partition coefficient (Wildman–Crippen LogP) is 4.59. The highest BCUT2D eigenvalue weighted by Gasteiger charge is 2.21. The zero-order chi connectivity index (χ0) is 22.6. The Morgan fingerprint density at radius 1 is 1.00 bits per heavy atom. The standard InChI is InChI=1S/C24H25FN2O3S/c1-17-8-12-20(13-9-17)18(2)26-24(28)21-14-10-19(11-15-21)16-27(31(3,29)30)23-7-5-4-6-22(23)25/h4-15,18H,16H2,1-3H3,(H,26,28). The largest absolute Gasteiger partial charge is 0.346 e. The van der Waals surface area contributed by atoms with Crippen LogP contribution in [0.15, 0.2) is 72.8 Å². The van der Waals surface area contributed by atoms with Crippen molar-refractivity contribution in [2.24, 2.45) is 0 Å². The number of rotatable bonds is 7. The van der Waals surface area contributed by atoms with Gasteiger partial charge in [0.05, 0.1) is 24.5 Å². The number of amides is 1. The number of anilines is 1. The smallest absolute Gasteiger partial charge is 0.251 e. The minimum Gasteiger partial charge on any atom is -0.346 e. The first-order valence-electron chi connectivity index (χ1n) is 9.84. The molecule has 1 atom stereocenters. The summed E-state index contributed by atoms with van der Waals surface area (Å²) >= 11 is 0. The quantitative estimate of drug-likeness (QED) is 0.584. The van der Waals surface area contributed by atoms with Gasteiger partial charge in [0.1, 0.15) is 5.82 Å². The molecular formula is C24H25FN2O3S. The van der Waals surface area contributed by atoms with E-state index in [0.717, 1.165) is 21.7 Å². The van der Waals surface area contributed by atoms with Crippen molar-refractivity contribution in [3.05, 3.63) is 101 Å². The van der Waals surface area contributed by atoms with E-state index in [1.165, 1.54) is 18.2 Å². The summed E-state index contributed by atoms with van der Waals surface area (Å²) in [5, 5.41) is 2.95. The Morgan fingerprint density at radius 2 is 1.61 bits per heavy atom. The Bertz CT molecular complexity index is 1160. The molecule has 0 bridgehead atoms. The molecule has 31 heavy (non-hydrogen) atoms. The van der Waals surface area contributed by atoms with Crippen LogP contribution in [-0.2, 0) is 16.6 Å². The van der Waals surface area contributed by atoms with Crippen molar-refractivity contribution < 1.29 is 17.6 Å². The lowest BCUT2D eigenvalue weighted by atomic mass is 10.1. The first-order valence-corrected chi connectivity index (χ1v) is 11.7. The van der Waals surface area contributed by atoms with Gasteiger partial charge in [0, 0.05) is 5.56 Å². The number of sulfonamides is 1. The van der Waals surface area contributed by atoms with Crippen LogP contribution in [0.5, 0.6) is 0 Å². The average Bonchev–Trinajstić information content (AvgIpc) is 2.72. The number of nitrogens with zero attached hydrogens (tertiary/aromatic N) is 1. The number of carbonyl (C=O) groups excluding carboxylic acids is 1. The maximum atomic E-state index is 14.2. The van der Waals surface area contributed by atoms with E-state index in [9.17, 15) is 17.6 Å². The van der Waals surface area contributed by atoms with Gasteiger partial charge in [-0.1, -0.05) is 54.1 Å². The fourth-order valence-electron chi connectivity index (χ4n) is 3.18. The van der Waals surface area contributed by atoms with Crippen LogP contribution in [0.25, 0.3) is 0 Å². The summed E-state index contributed by atoms with van der Waals surface area (Å²) in [6, 6.07) is 20.1. The van der Waals surface area contributed by atoms with E-state index in [0.29, 0.717) is 11.1 Å². The second kappa shape index (κ2) is 9.31. The molecule has 0 spiro atoms. The Balaban J connectivity index is 1.73. The highest BCUT2D eigenvalue weighted by molar-refractivity contribution is 7.92. The third kappa shape index (κ3) is 5.70. The molecule has 0 saturated heterocycles. The molecule has 5 nitrogen and oxygen atoms in total. The van der Waals surface area contributed by atoms with Crippen LogP contribution in [0.2, 0.25) is 0 Å². The second-order valence-electron chi connectivity index (χ2n) is 7.52. The summed E-state index contributed by atoms with van der Waals surface area (Å²) in [5.41, 5.74) is 3.23. The summed E-state index contributed by atoms with van der Waals surface area (Å²) < 4.78 is 39.6. The summed E-state index contributed by atoms with van der Waals surface area (Å²) in [7, 11) is -3.70. The monoisotopic (exact) mass is 440 g/mol. The van der Waals surface area contributed by atoms with Crippen molar-refractivity contribution >= 4 is 21.6 Å². The zero-order valence-electron chi connectivity index (χ0n) is 17.7. The first kappa shape index (κ1) is 22.5. The van der Waals surface area contributed by atoms with Crippen LogP contribution < -0.4 is 9.62 Å². The molecule has 0 fully saturated rings.